The van der Waals surface area contributed by atoms with Crippen LogP contribution in [-0.2, 0) is 4.79 Å². The Morgan fingerprint density at radius 3 is 2.61 bits per heavy atom. The summed E-state index contributed by atoms with van der Waals surface area (Å²) < 4.78 is 33.7. The van der Waals surface area contributed by atoms with E-state index in [2.05, 4.69) is 4.74 Å². The Morgan fingerprint density at radius 1 is 1.44 bits per heavy atom. The lowest BCUT2D eigenvalue weighted by Gasteiger charge is -2.13. The lowest BCUT2D eigenvalue weighted by atomic mass is 10.1. The van der Waals surface area contributed by atoms with E-state index in [1.807, 2.05) is 0 Å². The minimum Gasteiger partial charge on any atom is -0.490 e. The Hall–Kier alpha value is -1.56. The summed E-state index contributed by atoms with van der Waals surface area (Å²) >= 11 is 5.75. The van der Waals surface area contributed by atoms with Crippen LogP contribution in [0.2, 0.25) is 0 Å². The number of hydrogen-bond donors (Lipinski definition) is 1. The zero-order valence-electron chi connectivity index (χ0n) is 9.53. The average molecular weight is 280 g/mol. The molecule has 0 aliphatic heterocycles. The second-order valence-corrected chi connectivity index (χ2v) is 3.72. The van der Waals surface area contributed by atoms with Crippen molar-refractivity contribution in [1.29, 1.82) is 0 Å². The molecule has 0 aliphatic rings. The summed E-state index contributed by atoms with van der Waals surface area (Å²) in [6.45, 7) is -1.02. The van der Waals surface area contributed by atoms with Crippen LogP contribution in [-0.4, -0.2) is 19.1 Å². The smallest absolute Gasteiger partial charge is 0.387 e. The predicted molar refractivity (Wildman–Crippen MR) is 62.0 cm³/mol. The third kappa shape index (κ3) is 3.73. The monoisotopic (exact) mass is 279 g/mol. The molecule has 0 heterocycles. The van der Waals surface area contributed by atoms with E-state index in [1.54, 1.807) is 6.92 Å². The van der Waals surface area contributed by atoms with Crippen molar-refractivity contribution in [3.05, 3.63) is 23.8 Å². The maximum atomic E-state index is 12.2. The first-order chi connectivity index (χ1) is 8.45. The number of nitrogens with two attached hydrogens (primary N) is 1. The van der Waals surface area contributed by atoms with Crippen molar-refractivity contribution in [1.82, 2.24) is 0 Å². The summed E-state index contributed by atoms with van der Waals surface area (Å²) in [5.41, 5.74) is 5.40. The molecule has 0 radical (unpaired) electrons. The molecule has 7 heteroatoms. The van der Waals surface area contributed by atoms with Crippen molar-refractivity contribution in [3.63, 3.8) is 0 Å². The van der Waals surface area contributed by atoms with Crippen molar-refractivity contribution in [3.8, 4) is 11.5 Å². The fourth-order valence-electron chi connectivity index (χ4n) is 1.31. The van der Waals surface area contributed by atoms with Crippen molar-refractivity contribution < 1.29 is 23.0 Å². The number of halogens is 3. The third-order valence-corrected chi connectivity index (χ3v) is 2.49. The lowest BCUT2D eigenvalue weighted by Crippen LogP contribution is -2.17. The Kier molecular flexibility index (Phi) is 5.15. The maximum Gasteiger partial charge on any atom is 0.387 e. The van der Waals surface area contributed by atoms with Gasteiger partial charge in [-0.25, -0.2) is 0 Å². The van der Waals surface area contributed by atoms with Crippen LogP contribution in [0.15, 0.2) is 18.2 Å². The molecule has 4 nitrogen and oxygen atoms in total. The van der Waals surface area contributed by atoms with Gasteiger partial charge in [0.1, 0.15) is 5.38 Å². The van der Waals surface area contributed by atoms with Crippen LogP contribution < -0.4 is 15.2 Å². The first-order valence-corrected chi connectivity index (χ1v) is 5.54. The second kappa shape index (κ2) is 6.39. The zero-order valence-corrected chi connectivity index (χ0v) is 10.3. The molecule has 0 aliphatic carbocycles. The van der Waals surface area contributed by atoms with Crippen LogP contribution in [0, 0.1) is 0 Å². The van der Waals surface area contributed by atoms with Crippen molar-refractivity contribution >= 4 is 17.5 Å². The van der Waals surface area contributed by atoms with Gasteiger partial charge < -0.3 is 15.2 Å². The van der Waals surface area contributed by atoms with E-state index in [1.165, 1.54) is 18.2 Å². The molecule has 0 bridgehead atoms. The van der Waals surface area contributed by atoms with E-state index >= 15 is 0 Å². The van der Waals surface area contributed by atoms with Crippen LogP contribution >= 0.6 is 11.6 Å². The zero-order chi connectivity index (χ0) is 13.7. The molecule has 2 N–H and O–H groups in total. The van der Waals surface area contributed by atoms with Gasteiger partial charge in [-0.3, -0.25) is 4.79 Å². The summed E-state index contributed by atoms with van der Waals surface area (Å²) in [7, 11) is 0. The number of ether oxygens (including phenoxy) is 2. The maximum absolute atomic E-state index is 12.2. The van der Waals surface area contributed by atoms with E-state index in [0.717, 1.165) is 0 Å². The molecular formula is C11H12ClF2NO3. The highest BCUT2D eigenvalue weighted by Gasteiger charge is 2.18. The van der Waals surface area contributed by atoms with Crippen LogP contribution in [0.5, 0.6) is 11.5 Å². The molecule has 1 unspecified atom stereocenters. The Labute approximate surface area is 108 Å². The van der Waals surface area contributed by atoms with Gasteiger partial charge in [-0.05, 0) is 24.6 Å². The van der Waals surface area contributed by atoms with Crippen LogP contribution in [0.3, 0.4) is 0 Å². The Morgan fingerprint density at radius 2 is 2.11 bits per heavy atom. The van der Waals surface area contributed by atoms with Crippen LogP contribution in [0.25, 0.3) is 0 Å². The number of carbonyl (C=O) groups excluding carboxylic acids is 1. The molecule has 1 amide bonds. The Balaban J connectivity index is 3.05. The van der Waals surface area contributed by atoms with Gasteiger partial charge in [-0.2, -0.15) is 8.78 Å². The molecule has 1 atom stereocenters. The van der Waals surface area contributed by atoms with Crippen LogP contribution in [0.4, 0.5) is 8.78 Å². The van der Waals surface area contributed by atoms with Crippen molar-refractivity contribution in [2.24, 2.45) is 5.73 Å². The fraction of sp³-hybridized carbons (Fsp3) is 0.364. The minimum absolute atomic E-state index is 0.0854. The van der Waals surface area contributed by atoms with E-state index in [4.69, 9.17) is 22.1 Å². The van der Waals surface area contributed by atoms with Gasteiger partial charge in [-0.1, -0.05) is 6.07 Å². The van der Waals surface area contributed by atoms with Gasteiger partial charge >= 0.3 is 6.61 Å². The van der Waals surface area contributed by atoms with Crippen molar-refractivity contribution in [2.75, 3.05) is 6.61 Å². The summed E-state index contributed by atoms with van der Waals surface area (Å²) in [5.74, 6) is -0.771. The molecule has 1 aromatic carbocycles. The normalized spacial score (nSPS) is 12.3. The highest BCUT2D eigenvalue weighted by molar-refractivity contribution is 6.30. The molecule has 100 valence electrons. The standard InChI is InChI=1S/C11H12ClF2NO3/c1-2-17-8-5-6(9(12)10(15)16)3-4-7(8)18-11(13)14/h3-5,9,11H,2H2,1H3,(H2,15,16). The molecule has 1 aromatic rings. The first kappa shape index (κ1) is 14.5. The number of alkyl halides is 3. The molecule has 1 rings (SSSR count). The fourth-order valence-corrected chi connectivity index (χ4v) is 1.44. The number of hydrogen-bond acceptors (Lipinski definition) is 3. The second-order valence-electron chi connectivity index (χ2n) is 3.28. The minimum atomic E-state index is -2.96. The topological polar surface area (TPSA) is 61.5 Å². The molecule has 18 heavy (non-hydrogen) atoms. The van der Waals surface area contributed by atoms with Gasteiger partial charge in [0.25, 0.3) is 0 Å². The predicted octanol–water partition coefficient (Wildman–Crippen LogP) is 2.45. The first-order valence-electron chi connectivity index (χ1n) is 5.10. The number of amides is 1. The summed E-state index contributed by atoms with van der Waals surface area (Å²) in [6.07, 6.45) is 0. The SMILES string of the molecule is CCOc1cc(C(Cl)C(N)=O)ccc1OC(F)F. The van der Waals surface area contributed by atoms with E-state index in [9.17, 15) is 13.6 Å². The molecule has 0 fully saturated rings. The van der Waals surface area contributed by atoms with Crippen LogP contribution in [0.1, 0.15) is 17.9 Å². The van der Waals surface area contributed by atoms with E-state index in [-0.39, 0.29) is 18.1 Å². The van der Waals surface area contributed by atoms with E-state index in [0.29, 0.717) is 5.56 Å². The largest absolute Gasteiger partial charge is 0.490 e. The number of carbonyl (C=O) groups is 1. The lowest BCUT2D eigenvalue weighted by molar-refractivity contribution is -0.117. The number of primary amides is 1. The highest BCUT2D eigenvalue weighted by atomic mass is 35.5. The number of benzene rings is 1. The summed E-state index contributed by atoms with van der Waals surface area (Å²) in [6, 6.07) is 3.98. The molecule has 0 saturated carbocycles. The quantitative estimate of drug-likeness (QED) is 0.814. The van der Waals surface area contributed by atoms with Gasteiger partial charge in [0.2, 0.25) is 5.91 Å². The molecular weight excluding hydrogens is 268 g/mol. The van der Waals surface area contributed by atoms with E-state index < -0.39 is 17.9 Å². The highest BCUT2D eigenvalue weighted by Crippen LogP contribution is 2.33. The number of rotatable bonds is 6. The van der Waals surface area contributed by atoms with Gasteiger partial charge in [0, 0.05) is 0 Å². The molecule has 0 saturated heterocycles. The third-order valence-electron chi connectivity index (χ3n) is 2.03. The summed E-state index contributed by atoms with van der Waals surface area (Å²) in [5, 5.41) is -1.05. The van der Waals surface area contributed by atoms with Crippen molar-refractivity contribution in [2.45, 2.75) is 18.9 Å². The van der Waals surface area contributed by atoms with Gasteiger partial charge in [-0.15, -0.1) is 11.6 Å². The summed E-state index contributed by atoms with van der Waals surface area (Å²) in [4.78, 5) is 10.9. The average Bonchev–Trinajstić information content (AvgIpc) is 2.30. The molecule has 0 spiro atoms. The van der Waals surface area contributed by atoms with Gasteiger partial charge in [0.15, 0.2) is 11.5 Å². The van der Waals surface area contributed by atoms with Gasteiger partial charge in [0.05, 0.1) is 6.61 Å². The molecule has 0 aromatic heterocycles. The Bertz CT molecular complexity index is 429.